The SMILES string of the molecule is COC[C@H]1CC[C@H](n2cc3cc(N)c(OC)cc3n2)CC1. The van der Waals surface area contributed by atoms with Crippen LogP contribution in [0.3, 0.4) is 0 Å². The number of fused-ring (bicyclic) bond motifs is 1. The van der Waals surface area contributed by atoms with Crippen molar-refractivity contribution in [1.82, 2.24) is 9.78 Å². The van der Waals surface area contributed by atoms with Gasteiger partial charge >= 0.3 is 0 Å². The third-order valence-electron chi connectivity index (χ3n) is 4.47. The quantitative estimate of drug-likeness (QED) is 0.879. The van der Waals surface area contributed by atoms with Crippen LogP contribution in [0.4, 0.5) is 5.69 Å². The monoisotopic (exact) mass is 289 g/mol. The van der Waals surface area contributed by atoms with Crippen LogP contribution in [-0.2, 0) is 4.74 Å². The molecule has 5 nitrogen and oxygen atoms in total. The first-order valence-electron chi connectivity index (χ1n) is 7.52. The first-order valence-corrected chi connectivity index (χ1v) is 7.52. The van der Waals surface area contributed by atoms with E-state index in [2.05, 4.69) is 10.9 Å². The van der Waals surface area contributed by atoms with Gasteiger partial charge in [-0.05, 0) is 37.7 Å². The van der Waals surface area contributed by atoms with Crippen LogP contribution < -0.4 is 10.5 Å². The average molecular weight is 289 g/mol. The smallest absolute Gasteiger partial charge is 0.144 e. The number of ether oxygens (including phenoxy) is 2. The molecule has 0 aliphatic heterocycles. The Balaban J connectivity index is 1.79. The number of hydrogen-bond donors (Lipinski definition) is 1. The summed E-state index contributed by atoms with van der Waals surface area (Å²) in [5.74, 6) is 1.39. The molecule has 1 aliphatic rings. The Morgan fingerprint density at radius 1 is 1.24 bits per heavy atom. The van der Waals surface area contributed by atoms with Gasteiger partial charge in [-0.15, -0.1) is 0 Å². The molecule has 21 heavy (non-hydrogen) atoms. The molecule has 0 bridgehead atoms. The fraction of sp³-hybridized carbons (Fsp3) is 0.562. The van der Waals surface area contributed by atoms with Crippen molar-refractivity contribution in [2.24, 2.45) is 5.92 Å². The molecule has 1 heterocycles. The van der Waals surface area contributed by atoms with Crippen LogP contribution in [0.5, 0.6) is 5.75 Å². The van der Waals surface area contributed by atoms with E-state index in [1.54, 1.807) is 14.2 Å². The number of nitrogens with two attached hydrogens (primary N) is 1. The summed E-state index contributed by atoms with van der Waals surface area (Å²) in [6.45, 7) is 0.877. The van der Waals surface area contributed by atoms with Gasteiger partial charge in [0.25, 0.3) is 0 Å². The Hall–Kier alpha value is -1.75. The Morgan fingerprint density at radius 2 is 2.00 bits per heavy atom. The molecule has 0 unspecified atom stereocenters. The van der Waals surface area contributed by atoms with Gasteiger partial charge < -0.3 is 15.2 Å². The van der Waals surface area contributed by atoms with Gasteiger partial charge in [-0.3, -0.25) is 4.68 Å². The minimum absolute atomic E-state index is 0.484. The van der Waals surface area contributed by atoms with Crippen molar-refractivity contribution in [3.63, 3.8) is 0 Å². The van der Waals surface area contributed by atoms with Crippen molar-refractivity contribution in [1.29, 1.82) is 0 Å². The second-order valence-corrected chi connectivity index (χ2v) is 5.89. The molecule has 3 rings (SSSR count). The largest absolute Gasteiger partial charge is 0.495 e. The summed E-state index contributed by atoms with van der Waals surface area (Å²) in [4.78, 5) is 0. The van der Waals surface area contributed by atoms with Crippen LogP contribution in [0.25, 0.3) is 10.9 Å². The summed E-state index contributed by atoms with van der Waals surface area (Å²) < 4.78 is 12.6. The molecule has 0 radical (unpaired) electrons. The van der Waals surface area contributed by atoms with E-state index >= 15 is 0 Å². The van der Waals surface area contributed by atoms with Crippen LogP contribution in [-0.4, -0.2) is 30.6 Å². The highest BCUT2D eigenvalue weighted by atomic mass is 16.5. The molecular weight excluding hydrogens is 266 g/mol. The van der Waals surface area contributed by atoms with E-state index < -0.39 is 0 Å². The normalized spacial score (nSPS) is 22.6. The number of benzene rings is 1. The van der Waals surface area contributed by atoms with Gasteiger partial charge in [0, 0.05) is 31.4 Å². The lowest BCUT2D eigenvalue weighted by molar-refractivity contribution is 0.118. The number of anilines is 1. The van der Waals surface area contributed by atoms with E-state index in [9.17, 15) is 0 Å². The predicted octanol–water partition coefficient (Wildman–Crippen LogP) is 3.00. The third-order valence-corrected chi connectivity index (χ3v) is 4.47. The fourth-order valence-corrected chi connectivity index (χ4v) is 3.26. The maximum atomic E-state index is 5.96. The van der Waals surface area contributed by atoms with Crippen LogP contribution in [0, 0.1) is 5.92 Å². The molecule has 1 aromatic carbocycles. The molecule has 0 spiro atoms. The predicted molar refractivity (Wildman–Crippen MR) is 83.6 cm³/mol. The summed E-state index contributed by atoms with van der Waals surface area (Å²) in [7, 11) is 3.41. The molecule has 2 aromatic rings. The summed E-state index contributed by atoms with van der Waals surface area (Å²) in [5.41, 5.74) is 7.57. The van der Waals surface area contributed by atoms with Gasteiger partial charge in [-0.1, -0.05) is 0 Å². The minimum Gasteiger partial charge on any atom is -0.495 e. The van der Waals surface area contributed by atoms with Gasteiger partial charge in [0.1, 0.15) is 5.75 Å². The highest BCUT2D eigenvalue weighted by Crippen LogP contribution is 2.34. The zero-order chi connectivity index (χ0) is 14.8. The van der Waals surface area contributed by atoms with Gasteiger partial charge in [0.15, 0.2) is 0 Å². The number of nitrogen functional groups attached to an aromatic ring is 1. The van der Waals surface area contributed by atoms with E-state index in [1.165, 1.54) is 12.8 Å². The third kappa shape index (κ3) is 2.83. The highest BCUT2D eigenvalue weighted by molar-refractivity contribution is 5.84. The lowest BCUT2D eigenvalue weighted by Crippen LogP contribution is -2.21. The second-order valence-electron chi connectivity index (χ2n) is 5.89. The Morgan fingerprint density at radius 3 is 2.67 bits per heavy atom. The standard InChI is InChI=1S/C16H23N3O2/c1-20-10-11-3-5-13(6-4-11)19-9-12-7-14(17)16(21-2)8-15(12)18-19/h7-9,11,13H,3-6,10,17H2,1-2H3/t11-,13-. The lowest BCUT2D eigenvalue weighted by atomic mass is 9.86. The molecule has 1 aromatic heterocycles. The van der Waals surface area contributed by atoms with E-state index in [1.807, 2.05) is 12.1 Å². The maximum Gasteiger partial charge on any atom is 0.144 e. The Kier molecular flexibility index (Phi) is 4.01. The minimum atomic E-state index is 0.484. The summed E-state index contributed by atoms with van der Waals surface area (Å²) in [6, 6.07) is 4.34. The maximum absolute atomic E-state index is 5.96. The molecule has 114 valence electrons. The second kappa shape index (κ2) is 5.93. The molecule has 1 saturated carbocycles. The fourth-order valence-electron chi connectivity index (χ4n) is 3.26. The van der Waals surface area contributed by atoms with Gasteiger partial charge in [0.2, 0.25) is 0 Å². The van der Waals surface area contributed by atoms with E-state index in [-0.39, 0.29) is 0 Å². The van der Waals surface area contributed by atoms with Crippen LogP contribution in [0.15, 0.2) is 18.3 Å². The van der Waals surface area contributed by atoms with Crippen LogP contribution >= 0.6 is 0 Å². The molecular formula is C16H23N3O2. The molecule has 5 heteroatoms. The first-order chi connectivity index (χ1) is 10.2. The molecule has 0 atom stereocenters. The van der Waals surface area contributed by atoms with Gasteiger partial charge in [-0.2, -0.15) is 5.10 Å². The zero-order valence-electron chi connectivity index (χ0n) is 12.7. The number of hydrogen-bond acceptors (Lipinski definition) is 4. The van der Waals surface area contributed by atoms with Crippen molar-refractivity contribution >= 4 is 16.6 Å². The van der Waals surface area contributed by atoms with Crippen molar-refractivity contribution in [2.75, 3.05) is 26.6 Å². The van der Waals surface area contributed by atoms with Crippen molar-refractivity contribution < 1.29 is 9.47 Å². The molecule has 1 fully saturated rings. The van der Waals surface area contributed by atoms with Crippen molar-refractivity contribution in [3.8, 4) is 5.75 Å². The molecule has 0 amide bonds. The number of aromatic nitrogens is 2. The van der Waals surface area contributed by atoms with Crippen molar-refractivity contribution in [3.05, 3.63) is 18.3 Å². The van der Waals surface area contributed by atoms with E-state index in [0.717, 1.165) is 30.4 Å². The Bertz CT molecular complexity index is 615. The van der Waals surface area contributed by atoms with E-state index in [4.69, 9.17) is 20.3 Å². The van der Waals surface area contributed by atoms with E-state index in [0.29, 0.717) is 23.4 Å². The molecule has 2 N–H and O–H groups in total. The number of rotatable bonds is 4. The summed E-state index contributed by atoms with van der Waals surface area (Å²) in [5, 5.41) is 5.78. The van der Waals surface area contributed by atoms with Gasteiger partial charge in [0.05, 0.1) is 24.4 Å². The molecule has 1 aliphatic carbocycles. The number of methoxy groups -OCH3 is 2. The first kappa shape index (κ1) is 14.2. The Labute approximate surface area is 125 Å². The average Bonchev–Trinajstić information content (AvgIpc) is 2.90. The van der Waals surface area contributed by atoms with Crippen LogP contribution in [0.1, 0.15) is 31.7 Å². The topological polar surface area (TPSA) is 62.3 Å². The molecule has 0 saturated heterocycles. The van der Waals surface area contributed by atoms with Gasteiger partial charge in [-0.25, -0.2) is 0 Å². The van der Waals surface area contributed by atoms with Crippen molar-refractivity contribution in [2.45, 2.75) is 31.7 Å². The lowest BCUT2D eigenvalue weighted by Gasteiger charge is -2.28. The summed E-state index contributed by atoms with van der Waals surface area (Å²) >= 11 is 0. The zero-order valence-corrected chi connectivity index (χ0v) is 12.7. The number of nitrogens with zero attached hydrogens (tertiary/aromatic N) is 2. The highest BCUT2D eigenvalue weighted by Gasteiger charge is 2.23. The van der Waals surface area contributed by atoms with Crippen LogP contribution in [0.2, 0.25) is 0 Å². The summed E-state index contributed by atoms with van der Waals surface area (Å²) in [6.07, 6.45) is 6.84.